The van der Waals surface area contributed by atoms with E-state index in [9.17, 15) is 0 Å². The molecule has 0 bridgehead atoms. The van der Waals surface area contributed by atoms with Gasteiger partial charge in [0.1, 0.15) is 5.76 Å². The van der Waals surface area contributed by atoms with Crippen LogP contribution in [0.5, 0.6) is 0 Å². The van der Waals surface area contributed by atoms with Crippen LogP contribution in [-0.4, -0.2) is 5.16 Å². The lowest BCUT2D eigenvalue weighted by Crippen LogP contribution is -2.00. The van der Waals surface area contributed by atoms with Crippen LogP contribution in [0, 0.1) is 6.92 Å². The van der Waals surface area contributed by atoms with E-state index in [-0.39, 0.29) is 0 Å². The Labute approximate surface area is 112 Å². The summed E-state index contributed by atoms with van der Waals surface area (Å²) < 4.78 is 5.23. The molecule has 0 aliphatic carbocycles. The molecule has 0 saturated carbocycles. The summed E-state index contributed by atoms with van der Waals surface area (Å²) >= 11 is 0. The topological polar surface area (TPSA) is 26.0 Å². The second kappa shape index (κ2) is 9.18. The van der Waals surface area contributed by atoms with Crippen molar-refractivity contribution in [2.24, 2.45) is 0 Å². The zero-order valence-corrected chi connectivity index (χ0v) is 12.4. The maximum absolute atomic E-state index is 5.23. The third kappa shape index (κ3) is 5.70. The van der Waals surface area contributed by atoms with E-state index >= 15 is 0 Å². The van der Waals surface area contributed by atoms with E-state index in [1.54, 1.807) is 0 Å². The monoisotopic (exact) mass is 251 g/mol. The fourth-order valence-electron chi connectivity index (χ4n) is 2.48. The van der Waals surface area contributed by atoms with Gasteiger partial charge in [-0.1, -0.05) is 63.9 Å². The molecule has 0 spiro atoms. The molecule has 0 amide bonds. The zero-order chi connectivity index (χ0) is 13.2. The van der Waals surface area contributed by atoms with Gasteiger partial charge in [-0.3, -0.25) is 0 Å². The summed E-state index contributed by atoms with van der Waals surface area (Å²) in [5, 5.41) is 4.22. The summed E-state index contributed by atoms with van der Waals surface area (Å²) in [4.78, 5) is 0. The van der Waals surface area contributed by atoms with Crippen molar-refractivity contribution in [3.05, 3.63) is 17.5 Å². The molecule has 0 aliphatic heterocycles. The highest BCUT2D eigenvalue weighted by Gasteiger charge is 2.15. The van der Waals surface area contributed by atoms with Crippen LogP contribution < -0.4 is 0 Å². The van der Waals surface area contributed by atoms with E-state index in [4.69, 9.17) is 4.52 Å². The number of hydrogen-bond donors (Lipinski definition) is 0. The fourth-order valence-corrected chi connectivity index (χ4v) is 2.48. The molecule has 2 nitrogen and oxygen atoms in total. The van der Waals surface area contributed by atoms with E-state index in [1.807, 2.05) is 6.92 Å². The van der Waals surface area contributed by atoms with Gasteiger partial charge in [0, 0.05) is 12.0 Å². The first-order valence-corrected chi connectivity index (χ1v) is 7.71. The van der Waals surface area contributed by atoms with Crippen molar-refractivity contribution in [3.8, 4) is 0 Å². The van der Waals surface area contributed by atoms with Gasteiger partial charge >= 0.3 is 0 Å². The van der Waals surface area contributed by atoms with Crippen LogP contribution in [0.4, 0.5) is 0 Å². The van der Waals surface area contributed by atoms with Gasteiger partial charge in [-0.05, 0) is 19.8 Å². The fraction of sp³-hybridized carbons (Fsp3) is 0.812. The van der Waals surface area contributed by atoms with Gasteiger partial charge in [-0.25, -0.2) is 0 Å². The van der Waals surface area contributed by atoms with Crippen molar-refractivity contribution in [2.75, 3.05) is 0 Å². The minimum atomic E-state index is 0.617. The molecule has 1 rings (SSSR count). The highest BCUT2D eigenvalue weighted by Crippen LogP contribution is 2.28. The van der Waals surface area contributed by atoms with E-state index < -0.39 is 0 Å². The van der Waals surface area contributed by atoms with E-state index in [0.29, 0.717) is 5.92 Å². The van der Waals surface area contributed by atoms with E-state index in [0.717, 1.165) is 5.76 Å². The van der Waals surface area contributed by atoms with Gasteiger partial charge in [-0.15, -0.1) is 0 Å². The van der Waals surface area contributed by atoms with Crippen LogP contribution in [0.1, 0.15) is 89.0 Å². The van der Waals surface area contributed by atoms with Gasteiger partial charge in [-0.2, -0.15) is 0 Å². The number of nitrogens with zero attached hydrogens (tertiary/aromatic N) is 1. The number of rotatable bonds is 10. The van der Waals surface area contributed by atoms with Crippen molar-refractivity contribution >= 4 is 0 Å². The molecule has 0 fully saturated rings. The van der Waals surface area contributed by atoms with Crippen molar-refractivity contribution in [3.63, 3.8) is 0 Å². The summed E-state index contributed by atoms with van der Waals surface area (Å²) in [7, 11) is 0. The molecule has 1 aromatic rings. The molecule has 1 atom stereocenters. The molecule has 1 aromatic heterocycles. The summed E-state index contributed by atoms with van der Waals surface area (Å²) in [5.41, 5.74) is 1.18. The van der Waals surface area contributed by atoms with Crippen LogP contribution >= 0.6 is 0 Å². The lowest BCUT2D eigenvalue weighted by Gasteiger charge is -2.13. The first-order valence-electron chi connectivity index (χ1n) is 7.71. The third-order valence-electron chi connectivity index (χ3n) is 3.63. The van der Waals surface area contributed by atoms with Gasteiger partial charge in [0.25, 0.3) is 0 Å². The predicted molar refractivity (Wildman–Crippen MR) is 76.9 cm³/mol. The Morgan fingerprint density at radius 3 is 2.17 bits per heavy atom. The van der Waals surface area contributed by atoms with Crippen LogP contribution in [0.3, 0.4) is 0 Å². The Morgan fingerprint density at radius 2 is 1.61 bits per heavy atom. The summed E-state index contributed by atoms with van der Waals surface area (Å²) in [5.74, 6) is 1.56. The highest BCUT2D eigenvalue weighted by molar-refractivity contribution is 5.09. The Bertz CT molecular complexity index is 306. The second-order valence-electron chi connectivity index (χ2n) is 5.40. The second-order valence-corrected chi connectivity index (χ2v) is 5.40. The van der Waals surface area contributed by atoms with Crippen molar-refractivity contribution in [1.29, 1.82) is 0 Å². The zero-order valence-electron chi connectivity index (χ0n) is 12.4. The molecule has 18 heavy (non-hydrogen) atoms. The van der Waals surface area contributed by atoms with Gasteiger partial charge in [0.2, 0.25) is 0 Å². The third-order valence-corrected chi connectivity index (χ3v) is 3.63. The van der Waals surface area contributed by atoms with Crippen LogP contribution in [0.25, 0.3) is 0 Å². The lowest BCUT2D eigenvalue weighted by atomic mass is 9.92. The predicted octanol–water partition coefficient (Wildman–Crippen LogP) is 5.62. The molecule has 0 aliphatic rings. The quantitative estimate of drug-likeness (QED) is 0.505. The standard InChI is InChI=1S/C16H29NO/c1-4-6-8-10-12-15(11-9-7-5-2)16-13-14(3)18-17-16/h13,15H,4-12H2,1-3H3. The minimum Gasteiger partial charge on any atom is -0.361 e. The first-order chi connectivity index (χ1) is 8.77. The van der Waals surface area contributed by atoms with Crippen LogP contribution in [-0.2, 0) is 0 Å². The van der Waals surface area contributed by atoms with Gasteiger partial charge < -0.3 is 4.52 Å². The maximum atomic E-state index is 5.23. The van der Waals surface area contributed by atoms with Crippen molar-refractivity contribution in [1.82, 2.24) is 5.16 Å². The van der Waals surface area contributed by atoms with Crippen LogP contribution in [0.15, 0.2) is 10.6 Å². The molecular weight excluding hydrogens is 222 g/mol. The Balaban J connectivity index is 2.41. The molecule has 0 radical (unpaired) electrons. The highest BCUT2D eigenvalue weighted by atomic mass is 16.5. The van der Waals surface area contributed by atoms with Gasteiger partial charge in [0.15, 0.2) is 0 Å². The lowest BCUT2D eigenvalue weighted by molar-refractivity contribution is 0.377. The number of hydrogen-bond acceptors (Lipinski definition) is 2. The summed E-state index contributed by atoms with van der Waals surface area (Å²) in [6, 6.07) is 2.12. The van der Waals surface area contributed by atoms with Crippen molar-refractivity contribution < 1.29 is 4.52 Å². The van der Waals surface area contributed by atoms with Gasteiger partial charge in [0.05, 0.1) is 5.69 Å². The molecule has 1 heterocycles. The molecule has 0 N–H and O–H groups in total. The Hall–Kier alpha value is -0.790. The average Bonchev–Trinajstić information content (AvgIpc) is 2.79. The molecule has 2 heteroatoms. The maximum Gasteiger partial charge on any atom is 0.133 e. The smallest absolute Gasteiger partial charge is 0.133 e. The number of unbranched alkanes of at least 4 members (excludes halogenated alkanes) is 5. The summed E-state index contributed by atoms with van der Waals surface area (Å²) in [6.45, 7) is 6.51. The number of aryl methyl sites for hydroxylation is 1. The minimum absolute atomic E-state index is 0.617. The molecule has 1 unspecified atom stereocenters. The van der Waals surface area contributed by atoms with Crippen LogP contribution in [0.2, 0.25) is 0 Å². The van der Waals surface area contributed by atoms with Crippen molar-refractivity contribution in [2.45, 2.75) is 84.5 Å². The molecular formula is C16H29NO. The SMILES string of the molecule is CCCCCCC(CCCCC)c1cc(C)on1. The normalized spacial score (nSPS) is 12.8. The Kier molecular flexibility index (Phi) is 7.79. The Morgan fingerprint density at radius 1 is 1.00 bits per heavy atom. The molecule has 0 aromatic carbocycles. The largest absolute Gasteiger partial charge is 0.361 e. The first kappa shape index (κ1) is 15.3. The number of aromatic nitrogens is 1. The van der Waals surface area contributed by atoms with E-state index in [2.05, 4.69) is 25.1 Å². The molecule has 0 saturated heterocycles. The van der Waals surface area contributed by atoms with E-state index in [1.165, 1.54) is 63.5 Å². The summed E-state index contributed by atoms with van der Waals surface area (Å²) in [6.07, 6.45) is 11.8. The average molecular weight is 251 g/mol. The molecule has 104 valence electrons.